The molecule has 0 bridgehead atoms. The Morgan fingerprint density at radius 1 is 0.842 bits per heavy atom. The SMILES string of the molecule is O=c1c2ccccc2cc([N+](=O)[O-])c2ccccc12. The minimum atomic E-state index is -0.450. The van der Waals surface area contributed by atoms with E-state index in [2.05, 4.69) is 0 Å². The van der Waals surface area contributed by atoms with Crippen LogP contribution in [0.5, 0.6) is 0 Å². The van der Waals surface area contributed by atoms with Crippen LogP contribution in [0.4, 0.5) is 5.69 Å². The lowest BCUT2D eigenvalue weighted by Crippen LogP contribution is -1.97. The van der Waals surface area contributed by atoms with Crippen molar-refractivity contribution in [3.8, 4) is 0 Å². The Hall–Kier alpha value is -2.75. The lowest BCUT2D eigenvalue weighted by atomic mass is 10.1. The molecular weight excluding hydrogens is 242 g/mol. The van der Waals surface area contributed by atoms with Gasteiger partial charge in [0.15, 0.2) is 5.43 Å². The van der Waals surface area contributed by atoms with Gasteiger partial charge < -0.3 is 0 Å². The van der Waals surface area contributed by atoms with Gasteiger partial charge in [-0.1, -0.05) is 42.5 Å². The Labute approximate surface area is 108 Å². The molecule has 0 saturated heterocycles. The zero-order valence-electron chi connectivity index (χ0n) is 9.87. The molecule has 0 atom stereocenters. The molecule has 0 aromatic heterocycles. The molecule has 4 heteroatoms. The summed E-state index contributed by atoms with van der Waals surface area (Å²) < 4.78 is 0. The molecular formula is C15H9NO3. The van der Waals surface area contributed by atoms with Gasteiger partial charge in [0.25, 0.3) is 5.69 Å². The molecule has 3 aromatic rings. The molecule has 19 heavy (non-hydrogen) atoms. The molecule has 0 saturated carbocycles. The van der Waals surface area contributed by atoms with Gasteiger partial charge in [-0.3, -0.25) is 14.9 Å². The molecule has 0 amide bonds. The molecule has 0 aliphatic rings. The Morgan fingerprint density at radius 2 is 1.42 bits per heavy atom. The number of benzene rings is 2. The first-order valence-corrected chi connectivity index (χ1v) is 5.77. The summed E-state index contributed by atoms with van der Waals surface area (Å²) in [5, 5.41) is 13.0. The number of hydrogen-bond donors (Lipinski definition) is 0. The van der Waals surface area contributed by atoms with Gasteiger partial charge in [-0.15, -0.1) is 0 Å². The van der Waals surface area contributed by atoms with Crippen molar-refractivity contribution < 1.29 is 4.92 Å². The average molecular weight is 251 g/mol. The molecule has 92 valence electrons. The maximum absolute atomic E-state index is 12.4. The molecule has 4 nitrogen and oxygen atoms in total. The predicted molar refractivity (Wildman–Crippen MR) is 74.4 cm³/mol. The standard InChI is InChI=1S/C15H9NO3/c17-15-11-6-2-1-5-10(11)9-14(16(18)19)12-7-3-4-8-13(12)15/h1-9H. The molecule has 3 rings (SSSR count). The van der Waals surface area contributed by atoms with E-state index in [1.807, 2.05) is 0 Å². The monoisotopic (exact) mass is 251 g/mol. The van der Waals surface area contributed by atoms with Crippen LogP contribution in [-0.4, -0.2) is 4.92 Å². The summed E-state index contributed by atoms with van der Waals surface area (Å²) >= 11 is 0. The van der Waals surface area contributed by atoms with Gasteiger partial charge in [0.2, 0.25) is 0 Å². The first-order valence-electron chi connectivity index (χ1n) is 5.77. The quantitative estimate of drug-likeness (QED) is 0.492. The first kappa shape index (κ1) is 11.3. The molecule has 0 aliphatic carbocycles. The maximum atomic E-state index is 12.4. The summed E-state index contributed by atoms with van der Waals surface area (Å²) in [6.45, 7) is 0. The van der Waals surface area contributed by atoms with Crippen LogP contribution >= 0.6 is 0 Å². The van der Waals surface area contributed by atoms with Crippen LogP contribution in [-0.2, 0) is 0 Å². The summed E-state index contributed by atoms with van der Waals surface area (Å²) in [7, 11) is 0. The molecule has 0 aliphatic heterocycles. The second-order valence-corrected chi connectivity index (χ2v) is 4.25. The fraction of sp³-hybridized carbons (Fsp3) is 0. The van der Waals surface area contributed by atoms with Crippen molar-refractivity contribution in [1.29, 1.82) is 0 Å². The van der Waals surface area contributed by atoms with Crippen molar-refractivity contribution in [3.05, 3.63) is 74.9 Å². The molecule has 0 unspecified atom stereocenters. The van der Waals surface area contributed by atoms with E-state index < -0.39 is 4.92 Å². The van der Waals surface area contributed by atoms with Gasteiger partial charge >= 0.3 is 0 Å². The lowest BCUT2D eigenvalue weighted by Gasteiger charge is -1.92. The van der Waals surface area contributed by atoms with Crippen molar-refractivity contribution in [3.63, 3.8) is 0 Å². The highest BCUT2D eigenvalue weighted by atomic mass is 16.6. The summed E-state index contributed by atoms with van der Waals surface area (Å²) in [5.74, 6) is 0. The molecule has 0 heterocycles. The van der Waals surface area contributed by atoms with Gasteiger partial charge in [0.05, 0.1) is 10.3 Å². The van der Waals surface area contributed by atoms with Gasteiger partial charge in [-0.25, -0.2) is 0 Å². The first-order chi connectivity index (χ1) is 9.18. The zero-order valence-corrected chi connectivity index (χ0v) is 9.87. The Balaban J connectivity index is 2.71. The Morgan fingerprint density at radius 3 is 2.11 bits per heavy atom. The second-order valence-electron chi connectivity index (χ2n) is 4.25. The molecule has 0 fully saturated rings. The van der Waals surface area contributed by atoms with Crippen LogP contribution in [0.15, 0.2) is 59.4 Å². The van der Waals surface area contributed by atoms with E-state index in [9.17, 15) is 14.9 Å². The van der Waals surface area contributed by atoms with Crippen molar-refractivity contribution in [2.75, 3.05) is 0 Å². The Bertz CT molecular complexity index is 871. The van der Waals surface area contributed by atoms with Gasteiger partial charge in [0, 0.05) is 16.8 Å². The minimum absolute atomic E-state index is 0.0473. The molecule has 0 N–H and O–H groups in total. The highest BCUT2D eigenvalue weighted by Gasteiger charge is 2.14. The van der Waals surface area contributed by atoms with Crippen molar-refractivity contribution >= 4 is 27.2 Å². The van der Waals surface area contributed by atoms with E-state index in [0.29, 0.717) is 21.5 Å². The minimum Gasteiger partial charge on any atom is -0.289 e. The molecule has 0 radical (unpaired) electrons. The summed E-state index contributed by atoms with van der Waals surface area (Å²) in [4.78, 5) is 23.2. The summed E-state index contributed by atoms with van der Waals surface area (Å²) in [6.07, 6.45) is 0. The number of rotatable bonds is 1. The van der Waals surface area contributed by atoms with Crippen molar-refractivity contribution in [2.24, 2.45) is 0 Å². The number of hydrogen-bond acceptors (Lipinski definition) is 3. The third-order valence-electron chi connectivity index (χ3n) is 3.14. The van der Waals surface area contributed by atoms with E-state index in [1.165, 1.54) is 6.07 Å². The zero-order chi connectivity index (χ0) is 13.4. The van der Waals surface area contributed by atoms with Crippen molar-refractivity contribution in [2.45, 2.75) is 0 Å². The van der Waals surface area contributed by atoms with E-state index >= 15 is 0 Å². The fourth-order valence-electron chi connectivity index (χ4n) is 2.26. The molecule has 0 spiro atoms. The maximum Gasteiger partial charge on any atom is 0.277 e. The van der Waals surface area contributed by atoms with E-state index in [-0.39, 0.29) is 11.1 Å². The van der Waals surface area contributed by atoms with Crippen LogP contribution in [0, 0.1) is 10.1 Å². The average Bonchev–Trinajstić information content (AvgIpc) is 2.56. The van der Waals surface area contributed by atoms with Crippen LogP contribution in [0.25, 0.3) is 21.5 Å². The van der Waals surface area contributed by atoms with Crippen LogP contribution in [0.3, 0.4) is 0 Å². The van der Waals surface area contributed by atoms with Crippen LogP contribution in [0.1, 0.15) is 0 Å². The topological polar surface area (TPSA) is 60.2 Å². The van der Waals surface area contributed by atoms with Gasteiger partial charge in [-0.2, -0.15) is 0 Å². The van der Waals surface area contributed by atoms with E-state index in [4.69, 9.17) is 0 Å². The second kappa shape index (κ2) is 4.17. The van der Waals surface area contributed by atoms with Crippen molar-refractivity contribution in [1.82, 2.24) is 0 Å². The molecule has 3 aromatic carbocycles. The number of nitro groups is 1. The third kappa shape index (κ3) is 1.74. The largest absolute Gasteiger partial charge is 0.289 e. The highest BCUT2D eigenvalue weighted by Crippen LogP contribution is 2.25. The summed E-state index contributed by atoms with van der Waals surface area (Å²) in [5.41, 5.74) is -0.229. The number of nitrogens with zero attached hydrogens (tertiary/aromatic N) is 1. The normalized spacial score (nSPS) is 10.7. The Kier molecular flexibility index (Phi) is 2.49. The fourth-order valence-corrected chi connectivity index (χ4v) is 2.26. The lowest BCUT2D eigenvalue weighted by molar-refractivity contribution is -0.382. The number of fused-ring (bicyclic) bond motifs is 2. The smallest absolute Gasteiger partial charge is 0.277 e. The highest BCUT2D eigenvalue weighted by molar-refractivity contribution is 5.98. The third-order valence-corrected chi connectivity index (χ3v) is 3.14. The van der Waals surface area contributed by atoms with Crippen LogP contribution in [0.2, 0.25) is 0 Å². The van der Waals surface area contributed by atoms with Crippen LogP contribution < -0.4 is 5.43 Å². The van der Waals surface area contributed by atoms with Gasteiger partial charge in [-0.05, 0) is 11.5 Å². The van der Waals surface area contributed by atoms with E-state index in [1.54, 1.807) is 48.5 Å². The van der Waals surface area contributed by atoms with Gasteiger partial charge in [0.1, 0.15) is 0 Å². The summed E-state index contributed by atoms with van der Waals surface area (Å²) in [6, 6.07) is 15.0. The van der Waals surface area contributed by atoms with E-state index in [0.717, 1.165) is 0 Å². The predicted octanol–water partition coefficient (Wildman–Crippen LogP) is 3.26.